The molecule has 1 aromatic heterocycles. The number of amides is 2. The molecule has 2 aromatic rings. The Morgan fingerprint density at radius 1 is 1.19 bits per heavy atom. The predicted molar refractivity (Wildman–Crippen MR) is 85.1 cm³/mol. The normalized spacial score (nSPS) is 11.9. The highest BCUT2D eigenvalue weighted by molar-refractivity contribution is 5.74. The second kappa shape index (κ2) is 7.53. The van der Waals surface area contributed by atoms with E-state index in [-0.39, 0.29) is 12.1 Å². The van der Waals surface area contributed by atoms with Crippen LogP contribution in [0, 0.1) is 0 Å². The second-order valence-electron chi connectivity index (χ2n) is 5.25. The van der Waals surface area contributed by atoms with Gasteiger partial charge in [0.2, 0.25) is 0 Å². The van der Waals surface area contributed by atoms with Crippen LogP contribution in [-0.2, 0) is 13.1 Å². The Morgan fingerprint density at radius 2 is 1.95 bits per heavy atom. The van der Waals surface area contributed by atoms with Crippen LogP contribution in [-0.4, -0.2) is 16.6 Å². The quantitative estimate of drug-likeness (QED) is 0.841. The summed E-state index contributed by atoms with van der Waals surface area (Å²) in [6, 6.07) is 14.4. The van der Waals surface area contributed by atoms with Crippen molar-refractivity contribution in [2.24, 2.45) is 0 Å². The van der Waals surface area contributed by atoms with Crippen molar-refractivity contribution in [2.45, 2.75) is 39.4 Å². The zero-order chi connectivity index (χ0) is 15.1. The number of carbonyl (C=O) groups is 1. The van der Waals surface area contributed by atoms with Gasteiger partial charge >= 0.3 is 6.03 Å². The van der Waals surface area contributed by atoms with Gasteiger partial charge in [-0.05, 0) is 31.0 Å². The lowest BCUT2D eigenvalue weighted by Crippen LogP contribution is -2.40. The Morgan fingerprint density at radius 3 is 2.67 bits per heavy atom. The van der Waals surface area contributed by atoms with Crippen LogP contribution in [0.3, 0.4) is 0 Å². The van der Waals surface area contributed by atoms with Gasteiger partial charge in [-0.2, -0.15) is 0 Å². The van der Waals surface area contributed by atoms with E-state index in [4.69, 9.17) is 0 Å². The van der Waals surface area contributed by atoms with E-state index in [0.29, 0.717) is 6.54 Å². The highest BCUT2D eigenvalue weighted by atomic mass is 16.2. The molecular weight excluding hydrogens is 262 g/mol. The van der Waals surface area contributed by atoms with E-state index < -0.39 is 0 Å². The Kier molecular flexibility index (Phi) is 5.43. The third kappa shape index (κ3) is 4.67. The smallest absolute Gasteiger partial charge is 0.315 e. The van der Waals surface area contributed by atoms with E-state index in [0.717, 1.165) is 18.7 Å². The van der Waals surface area contributed by atoms with E-state index in [9.17, 15) is 4.79 Å². The van der Waals surface area contributed by atoms with Crippen molar-refractivity contribution in [2.75, 3.05) is 0 Å². The molecule has 2 rings (SSSR count). The van der Waals surface area contributed by atoms with Crippen LogP contribution in [0.4, 0.5) is 4.79 Å². The lowest BCUT2D eigenvalue weighted by atomic mass is 10.2. The molecule has 1 heterocycles. The fourth-order valence-electron chi connectivity index (χ4n) is 2.09. The first-order valence-corrected chi connectivity index (χ1v) is 7.41. The van der Waals surface area contributed by atoms with Crippen LogP contribution >= 0.6 is 0 Å². The summed E-state index contributed by atoms with van der Waals surface area (Å²) in [6.45, 7) is 5.40. The van der Waals surface area contributed by atoms with Gasteiger partial charge in [0.1, 0.15) is 0 Å². The summed E-state index contributed by atoms with van der Waals surface area (Å²) in [7, 11) is 0. The van der Waals surface area contributed by atoms with Gasteiger partial charge in [0, 0.05) is 24.5 Å². The van der Waals surface area contributed by atoms with Gasteiger partial charge < -0.3 is 15.2 Å². The summed E-state index contributed by atoms with van der Waals surface area (Å²) in [5, 5.41) is 5.81. The minimum atomic E-state index is -0.114. The third-order valence-corrected chi connectivity index (χ3v) is 3.54. The molecule has 1 aromatic carbocycles. The highest BCUT2D eigenvalue weighted by Crippen LogP contribution is 2.07. The van der Waals surface area contributed by atoms with Gasteiger partial charge in [0.15, 0.2) is 0 Å². The number of urea groups is 1. The minimum Gasteiger partial charge on any atom is -0.345 e. The number of carbonyl (C=O) groups excluding carboxylic acids is 1. The topological polar surface area (TPSA) is 46.1 Å². The maximum atomic E-state index is 11.7. The summed E-state index contributed by atoms with van der Waals surface area (Å²) in [5.41, 5.74) is 2.34. The Balaban J connectivity index is 1.90. The Labute approximate surface area is 126 Å². The molecule has 0 aliphatic rings. The molecule has 0 saturated carbocycles. The SMILES string of the molecule is CC[C@@H](C)NC(=O)NCc1cccn1Cc1ccccc1. The van der Waals surface area contributed by atoms with E-state index in [2.05, 4.69) is 34.3 Å². The summed E-state index contributed by atoms with van der Waals surface area (Å²) >= 11 is 0. The zero-order valence-corrected chi connectivity index (χ0v) is 12.7. The van der Waals surface area contributed by atoms with Gasteiger partial charge in [0.25, 0.3) is 0 Å². The van der Waals surface area contributed by atoms with Crippen LogP contribution in [0.2, 0.25) is 0 Å². The maximum absolute atomic E-state index is 11.7. The summed E-state index contributed by atoms with van der Waals surface area (Å²) in [6.07, 6.45) is 2.97. The molecule has 0 bridgehead atoms. The molecule has 2 N–H and O–H groups in total. The van der Waals surface area contributed by atoms with Crippen LogP contribution in [0.1, 0.15) is 31.5 Å². The van der Waals surface area contributed by atoms with Crippen LogP contribution in [0.25, 0.3) is 0 Å². The number of nitrogens with one attached hydrogen (secondary N) is 2. The molecule has 0 fully saturated rings. The first-order valence-electron chi connectivity index (χ1n) is 7.41. The Bertz CT molecular complexity index is 562. The monoisotopic (exact) mass is 285 g/mol. The number of nitrogens with zero attached hydrogens (tertiary/aromatic N) is 1. The van der Waals surface area contributed by atoms with Crippen LogP contribution < -0.4 is 10.6 Å². The molecule has 0 aliphatic heterocycles. The molecule has 0 aliphatic carbocycles. The fourth-order valence-corrected chi connectivity index (χ4v) is 2.09. The molecule has 0 radical (unpaired) electrons. The van der Waals surface area contributed by atoms with Gasteiger partial charge in [0.05, 0.1) is 6.54 Å². The number of hydrogen-bond donors (Lipinski definition) is 2. The fraction of sp³-hybridized carbons (Fsp3) is 0.353. The molecule has 0 spiro atoms. The van der Waals surface area contributed by atoms with Crippen molar-refractivity contribution in [1.82, 2.24) is 15.2 Å². The first-order chi connectivity index (χ1) is 10.2. The predicted octanol–water partition coefficient (Wildman–Crippen LogP) is 3.13. The lowest BCUT2D eigenvalue weighted by Gasteiger charge is -2.14. The maximum Gasteiger partial charge on any atom is 0.315 e. The van der Waals surface area contributed by atoms with Gasteiger partial charge in [-0.25, -0.2) is 4.79 Å². The summed E-state index contributed by atoms with van der Waals surface area (Å²) in [5.74, 6) is 0. The number of benzene rings is 1. The third-order valence-electron chi connectivity index (χ3n) is 3.54. The molecule has 4 nitrogen and oxygen atoms in total. The second-order valence-corrected chi connectivity index (χ2v) is 5.25. The lowest BCUT2D eigenvalue weighted by molar-refractivity contribution is 0.237. The van der Waals surface area contributed by atoms with E-state index >= 15 is 0 Å². The van der Waals surface area contributed by atoms with Crippen molar-refractivity contribution >= 4 is 6.03 Å². The van der Waals surface area contributed by atoms with Crippen LogP contribution in [0.15, 0.2) is 48.7 Å². The highest BCUT2D eigenvalue weighted by Gasteiger charge is 2.06. The minimum absolute atomic E-state index is 0.114. The molecule has 112 valence electrons. The standard InChI is InChI=1S/C17H23N3O/c1-3-14(2)19-17(21)18-12-16-10-7-11-20(16)13-15-8-5-4-6-9-15/h4-11,14H,3,12-13H2,1-2H3,(H2,18,19,21)/t14-/m1/s1. The largest absolute Gasteiger partial charge is 0.345 e. The summed E-state index contributed by atoms with van der Waals surface area (Å²) < 4.78 is 2.15. The van der Waals surface area contributed by atoms with Gasteiger partial charge in [-0.3, -0.25) is 0 Å². The van der Waals surface area contributed by atoms with E-state index in [1.807, 2.05) is 43.5 Å². The van der Waals surface area contributed by atoms with E-state index in [1.165, 1.54) is 5.56 Å². The average molecular weight is 285 g/mol. The zero-order valence-electron chi connectivity index (χ0n) is 12.7. The van der Waals surface area contributed by atoms with Crippen molar-refractivity contribution in [3.63, 3.8) is 0 Å². The Hall–Kier alpha value is -2.23. The van der Waals surface area contributed by atoms with Crippen molar-refractivity contribution in [1.29, 1.82) is 0 Å². The molecule has 0 saturated heterocycles. The van der Waals surface area contributed by atoms with E-state index in [1.54, 1.807) is 0 Å². The molecule has 21 heavy (non-hydrogen) atoms. The average Bonchev–Trinajstić information content (AvgIpc) is 2.93. The number of hydrogen-bond acceptors (Lipinski definition) is 1. The first kappa shape index (κ1) is 15.2. The molecule has 1 atom stereocenters. The van der Waals surface area contributed by atoms with Crippen LogP contribution in [0.5, 0.6) is 0 Å². The summed E-state index contributed by atoms with van der Waals surface area (Å²) in [4.78, 5) is 11.7. The molecular formula is C17H23N3O. The number of rotatable bonds is 6. The van der Waals surface area contributed by atoms with Crippen molar-refractivity contribution < 1.29 is 4.79 Å². The van der Waals surface area contributed by atoms with Crippen molar-refractivity contribution in [3.8, 4) is 0 Å². The number of aromatic nitrogens is 1. The molecule has 0 unspecified atom stereocenters. The molecule has 2 amide bonds. The van der Waals surface area contributed by atoms with Gasteiger partial charge in [-0.15, -0.1) is 0 Å². The van der Waals surface area contributed by atoms with Crippen molar-refractivity contribution in [3.05, 3.63) is 59.9 Å². The molecule has 4 heteroatoms. The van der Waals surface area contributed by atoms with Gasteiger partial charge in [-0.1, -0.05) is 37.3 Å².